The lowest BCUT2D eigenvalue weighted by molar-refractivity contribution is 1.11. The lowest BCUT2D eigenvalue weighted by Crippen LogP contribution is -1.99. The maximum atomic E-state index is 5.86. The van der Waals surface area contributed by atoms with Gasteiger partial charge in [0.1, 0.15) is 0 Å². The van der Waals surface area contributed by atoms with E-state index in [0.717, 1.165) is 39.2 Å². The average molecular weight is 647 g/mol. The van der Waals surface area contributed by atoms with Crippen molar-refractivity contribution in [3.05, 3.63) is 103 Å². The van der Waals surface area contributed by atoms with Crippen LogP contribution in [0.3, 0.4) is 0 Å². The minimum atomic E-state index is 0.800. The van der Waals surface area contributed by atoms with E-state index < -0.39 is 0 Å². The Bertz CT molecular complexity index is 1130. The lowest BCUT2D eigenvalue weighted by atomic mass is 10.2. The summed E-state index contributed by atoms with van der Waals surface area (Å²) >= 11 is 0. The zero-order valence-corrected chi connectivity index (χ0v) is 27.7. The largest absolute Gasteiger partial charge is 0.399 e. The standard InChI is InChI=1S/C13H13NS2.C12H12N2S2.C5H13NS2/c1-10-2-6-12(7-3-10)15-16-13-8-4-11(14)5-9-13;13-9-5-1-3-7-11(9)15-16-12-8-4-2-6-10(12)14;1-2-4-7-8-5-3-6/h2-9H,14H2,1H3;1-8H,13-14H2;2-6H2,1H3. The number of hydrogen-bond donors (Lipinski definition) is 4. The normalized spacial score (nSPS) is 10.2. The van der Waals surface area contributed by atoms with Crippen molar-refractivity contribution in [3.8, 4) is 0 Å². The van der Waals surface area contributed by atoms with Gasteiger partial charge in [-0.3, -0.25) is 0 Å². The summed E-state index contributed by atoms with van der Waals surface area (Å²) in [7, 11) is 10.5. The van der Waals surface area contributed by atoms with Crippen LogP contribution in [-0.2, 0) is 0 Å². The zero-order chi connectivity index (χ0) is 29.0. The van der Waals surface area contributed by atoms with Crippen LogP contribution < -0.4 is 22.9 Å². The van der Waals surface area contributed by atoms with E-state index in [1.807, 2.05) is 94.4 Å². The van der Waals surface area contributed by atoms with Gasteiger partial charge in [-0.2, -0.15) is 0 Å². The fourth-order valence-electron chi connectivity index (χ4n) is 2.67. The molecule has 0 aliphatic heterocycles. The van der Waals surface area contributed by atoms with Gasteiger partial charge in [0.15, 0.2) is 0 Å². The highest BCUT2D eigenvalue weighted by Crippen LogP contribution is 2.41. The molecular formula is C30H38N4S6. The van der Waals surface area contributed by atoms with Crippen LogP contribution in [0.5, 0.6) is 0 Å². The van der Waals surface area contributed by atoms with Crippen molar-refractivity contribution in [1.82, 2.24) is 0 Å². The highest BCUT2D eigenvalue weighted by Gasteiger charge is 2.03. The first-order valence-corrected chi connectivity index (χ1v) is 19.5. The SMILES string of the molecule is CCCSSCCN.Cc1ccc(SSc2ccc(N)cc2)cc1.Nc1ccccc1SSc1ccccc1N. The van der Waals surface area contributed by atoms with Gasteiger partial charge in [-0.05, 0) is 74.0 Å². The Labute approximate surface area is 263 Å². The summed E-state index contributed by atoms with van der Waals surface area (Å²) in [5.74, 6) is 2.34. The van der Waals surface area contributed by atoms with Gasteiger partial charge in [-0.25, -0.2) is 0 Å². The van der Waals surface area contributed by atoms with Crippen molar-refractivity contribution in [3.63, 3.8) is 0 Å². The molecule has 0 saturated heterocycles. The van der Waals surface area contributed by atoms with Crippen LogP contribution in [0.15, 0.2) is 117 Å². The molecule has 4 rings (SSSR count). The van der Waals surface area contributed by atoms with E-state index in [9.17, 15) is 0 Å². The van der Waals surface area contributed by atoms with E-state index >= 15 is 0 Å². The second-order valence-electron chi connectivity index (χ2n) is 8.22. The summed E-state index contributed by atoms with van der Waals surface area (Å²) < 4.78 is 0. The first kappa shape index (κ1) is 34.5. The molecule has 0 spiro atoms. The Kier molecular flexibility index (Phi) is 18.2. The number of para-hydroxylation sites is 2. The van der Waals surface area contributed by atoms with Crippen LogP contribution in [0.2, 0.25) is 0 Å². The van der Waals surface area contributed by atoms with Crippen LogP contribution in [-0.4, -0.2) is 18.1 Å². The topological polar surface area (TPSA) is 104 Å². The van der Waals surface area contributed by atoms with Crippen molar-refractivity contribution in [2.45, 2.75) is 39.9 Å². The Morgan fingerprint density at radius 3 is 1.45 bits per heavy atom. The predicted octanol–water partition coefficient (Wildman–Crippen LogP) is 9.76. The molecule has 4 aromatic rings. The number of rotatable bonds is 11. The van der Waals surface area contributed by atoms with Gasteiger partial charge in [-0.1, -0.05) is 114 Å². The maximum absolute atomic E-state index is 5.86. The average Bonchev–Trinajstić information content (AvgIpc) is 2.97. The third-order valence-corrected chi connectivity index (χ3v) is 12.3. The summed E-state index contributed by atoms with van der Waals surface area (Å²) in [4.78, 5) is 4.62. The van der Waals surface area contributed by atoms with Crippen molar-refractivity contribution in [1.29, 1.82) is 0 Å². The molecule has 0 fully saturated rings. The Balaban J connectivity index is 0.000000224. The Morgan fingerprint density at radius 1 is 0.550 bits per heavy atom. The van der Waals surface area contributed by atoms with Crippen molar-refractivity contribution in [2.75, 3.05) is 35.3 Å². The number of hydrogen-bond acceptors (Lipinski definition) is 10. The molecular weight excluding hydrogens is 609 g/mol. The van der Waals surface area contributed by atoms with Crippen LogP contribution in [0.4, 0.5) is 17.1 Å². The quantitative estimate of drug-likeness (QED) is 0.0715. The maximum Gasteiger partial charge on any atom is 0.0461 e. The van der Waals surface area contributed by atoms with Gasteiger partial charge in [0.05, 0.1) is 0 Å². The van der Waals surface area contributed by atoms with E-state index in [1.54, 1.807) is 43.2 Å². The summed E-state index contributed by atoms with van der Waals surface area (Å²) in [5.41, 5.74) is 26.3. The first-order chi connectivity index (χ1) is 19.4. The minimum absolute atomic E-state index is 0.800. The third-order valence-electron chi connectivity index (χ3n) is 4.77. The molecule has 0 radical (unpaired) electrons. The molecule has 0 unspecified atom stereocenters. The van der Waals surface area contributed by atoms with Gasteiger partial charge in [0.2, 0.25) is 0 Å². The summed E-state index contributed by atoms with van der Waals surface area (Å²) in [6.45, 7) is 5.10. The van der Waals surface area contributed by atoms with E-state index in [4.69, 9.17) is 22.9 Å². The molecule has 40 heavy (non-hydrogen) atoms. The molecule has 214 valence electrons. The first-order valence-electron chi connectivity index (χ1n) is 12.7. The summed E-state index contributed by atoms with van der Waals surface area (Å²) in [5, 5.41) is 0. The summed E-state index contributed by atoms with van der Waals surface area (Å²) in [6, 6.07) is 32.1. The number of aryl methyl sites for hydroxylation is 1. The van der Waals surface area contributed by atoms with E-state index in [0.29, 0.717) is 0 Å². The fraction of sp³-hybridized carbons (Fsp3) is 0.200. The van der Waals surface area contributed by atoms with E-state index in [2.05, 4.69) is 38.1 Å². The van der Waals surface area contributed by atoms with E-state index in [1.165, 1.54) is 27.5 Å². The van der Waals surface area contributed by atoms with Crippen molar-refractivity contribution in [2.24, 2.45) is 5.73 Å². The smallest absolute Gasteiger partial charge is 0.0461 e. The van der Waals surface area contributed by atoms with Crippen LogP contribution in [0.1, 0.15) is 18.9 Å². The number of nitrogens with two attached hydrogens (primary N) is 4. The number of benzene rings is 4. The Morgan fingerprint density at radius 2 is 1.00 bits per heavy atom. The molecule has 0 saturated carbocycles. The van der Waals surface area contributed by atoms with Gasteiger partial charge in [0, 0.05) is 54.7 Å². The van der Waals surface area contributed by atoms with Crippen LogP contribution in [0.25, 0.3) is 0 Å². The monoisotopic (exact) mass is 646 g/mol. The van der Waals surface area contributed by atoms with Gasteiger partial charge >= 0.3 is 0 Å². The summed E-state index contributed by atoms with van der Waals surface area (Å²) in [6.07, 6.45) is 1.27. The molecule has 0 amide bonds. The van der Waals surface area contributed by atoms with Crippen molar-refractivity contribution < 1.29 is 0 Å². The minimum Gasteiger partial charge on any atom is -0.399 e. The zero-order valence-electron chi connectivity index (χ0n) is 22.8. The molecule has 10 heteroatoms. The van der Waals surface area contributed by atoms with Gasteiger partial charge in [-0.15, -0.1) is 0 Å². The molecule has 8 N–H and O–H groups in total. The predicted molar refractivity (Wildman–Crippen MR) is 191 cm³/mol. The lowest BCUT2D eigenvalue weighted by Gasteiger charge is -2.05. The molecule has 0 bridgehead atoms. The molecule has 4 aromatic carbocycles. The molecule has 0 aromatic heterocycles. The van der Waals surface area contributed by atoms with Gasteiger partial charge < -0.3 is 22.9 Å². The fourth-order valence-corrected chi connectivity index (χ4v) is 8.82. The number of nitrogen functional groups attached to an aromatic ring is 3. The molecule has 0 heterocycles. The van der Waals surface area contributed by atoms with Crippen LogP contribution in [0, 0.1) is 6.92 Å². The Hall–Kier alpha value is -1.66. The molecule has 0 aliphatic carbocycles. The second-order valence-corrected chi connectivity index (χ2v) is 15.4. The molecule has 0 aliphatic rings. The van der Waals surface area contributed by atoms with Crippen molar-refractivity contribution >= 4 is 81.8 Å². The van der Waals surface area contributed by atoms with Crippen LogP contribution >= 0.6 is 64.8 Å². The third kappa shape index (κ3) is 14.8. The molecule has 4 nitrogen and oxygen atoms in total. The molecule has 0 atom stereocenters. The van der Waals surface area contributed by atoms with E-state index in [-0.39, 0.29) is 0 Å². The number of anilines is 3. The highest BCUT2D eigenvalue weighted by atomic mass is 33.1. The second kappa shape index (κ2) is 21.1. The highest BCUT2D eigenvalue weighted by molar-refractivity contribution is 8.77. The van der Waals surface area contributed by atoms with Gasteiger partial charge in [0.25, 0.3) is 0 Å².